The van der Waals surface area contributed by atoms with Crippen molar-refractivity contribution in [1.82, 2.24) is 20.7 Å². The molecule has 0 radical (unpaired) electrons. The highest BCUT2D eigenvalue weighted by atomic mass is 19.4. The van der Waals surface area contributed by atoms with Crippen LogP contribution in [-0.4, -0.2) is 70.9 Å². The maximum atomic E-state index is 14.7. The molecule has 51 heavy (non-hydrogen) atoms. The minimum atomic E-state index is -5.08. The molecule has 2 aliphatic carbocycles. The van der Waals surface area contributed by atoms with E-state index in [-0.39, 0.29) is 48.1 Å². The number of carboxylic acids is 1. The topological polar surface area (TPSA) is 110 Å². The maximum Gasteiger partial charge on any atom is 0.490 e. The molecule has 16 heteroatoms. The van der Waals surface area contributed by atoms with E-state index in [0.717, 1.165) is 50.9 Å². The first kappa shape index (κ1) is 35.4. The fraction of sp³-hybridized carbons (Fsp3) is 0.543. The molecule has 4 heterocycles. The number of halogens is 7. The van der Waals surface area contributed by atoms with Gasteiger partial charge in [0, 0.05) is 61.3 Å². The average Bonchev–Trinajstić information content (AvgIpc) is 3.92. The Hall–Kier alpha value is -4.05. The first-order chi connectivity index (χ1) is 24.3. The van der Waals surface area contributed by atoms with Gasteiger partial charge < -0.3 is 5.11 Å². The van der Waals surface area contributed by atoms with Crippen molar-refractivity contribution in [3.05, 3.63) is 70.8 Å². The van der Waals surface area contributed by atoms with Gasteiger partial charge in [-0.2, -0.15) is 23.4 Å². The number of hydrogen-bond donors (Lipinski definition) is 3. The second-order valence-electron chi connectivity index (χ2n) is 14.3. The lowest BCUT2D eigenvalue weighted by atomic mass is 9.88. The van der Waals surface area contributed by atoms with E-state index in [2.05, 4.69) is 20.8 Å². The molecule has 6 unspecified atom stereocenters. The molecule has 4 aliphatic heterocycles. The lowest BCUT2D eigenvalue weighted by Crippen LogP contribution is -2.43. The number of carbonyl (C=O) groups is 2. The molecule has 2 saturated carbocycles. The van der Waals surface area contributed by atoms with Crippen molar-refractivity contribution in [1.29, 1.82) is 0 Å². The molecule has 0 aromatic heterocycles. The van der Waals surface area contributed by atoms with Gasteiger partial charge in [-0.25, -0.2) is 22.4 Å². The third-order valence-corrected chi connectivity index (χ3v) is 11.5. The summed E-state index contributed by atoms with van der Waals surface area (Å²) in [7, 11) is 0. The molecular formula is C35H37F7N6O3. The molecule has 4 fully saturated rings. The van der Waals surface area contributed by atoms with Crippen LogP contribution in [0.1, 0.15) is 61.7 Å². The fourth-order valence-electron chi connectivity index (χ4n) is 9.25. The number of Topliss-reactive ketones (excluding diaryl/α,β-unsaturated/α-hetero) is 1. The number of fused-ring (bicyclic) bond motifs is 2. The summed E-state index contributed by atoms with van der Waals surface area (Å²) in [4.78, 5) is 22.9. The number of benzene rings is 2. The number of carbonyl (C=O) groups excluding carboxylic acids is 1. The lowest BCUT2D eigenvalue weighted by molar-refractivity contribution is -0.192. The van der Waals surface area contributed by atoms with Gasteiger partial charge in [0.15, 0.2) is 0 Å². The Morgan fingerprint density at radius 1 is 0.706 bits per heavy atom. The summed E-state index contributed by atoms with van der Waals surface area (Å²) < 4.78 is 89.1. The molecule has 0 bridgehead atoms. The van der Waals surface area contributed by atoms with Gasteiger partial charge >= 0.3 is 12.1 Å². The van der Waals surface area contributed by atoms with Crippen molar-refractivity contribution in [2.45, 2.75) is 69.1 Å². The smallest absolute Gasteiger partial charge is 0.475 e. The zero-order valence-electron chi connectivity index (χ0n) is 27.2. The normalized spacial score (nSPS) is 33.8. The van der Waals surface area contributed by atoms with E-state index in [1.807, 2.05) is 10.0 Å². The Morgan fingerprint density at radius 2 is 1.12 bits per heavy atom. The van der Waals surface area contributed by atoms with Gasteiger partial charge in [-0.05, 0) is 85.8 Å². The third-order valence-electron chi connectivity index (χ3n) is 11.5. The van der Waals surface area contributed by atoms with Gasteiger partial charge in [0.25, 0.3) is 0 Å². The summed E-state index contributed by atoms with van der Waals surface area (Å²) in [5.41, 5.74) is 0.618. The van der Waals surface area contributed by atoms with Crippen LogP contribution in [0.15, 0.2) is 46.6 Å². The lowest BCUT2D eigenvalue weighted by Gasteiger charge is -2.34. The predicted octanol–water partition coefficient (Wildman–Crippen LogP) is 5.75. The van der Waals surface area contributed by atoms with Gasteiger partial charge in [-0.15, -0.1) is 0 Å². The van der Waals surface area contributed by atoms with Crippen LogP contribution in [0, 0.1) is 58.8 Å². The zero-order chi connectivity index (χ0) is 36.2. The first-order valence-electron chi connectivity index (χ1n) is 17.1. The monoisotopic (exact) mass is 722 g/mol. The highest BCUT2D eigenvalue weighted by Crippen LogP contribution is 2.50. The number of alkyl halides is 3. The number of hydrogen-bond acceptors (Lipinski definition) is 8. The van der Waals surface area contributed by atoms with Crippen molar-refractivity contribution in [2.24, 2.45) is 45.7 Å². The van der Waals surface area contributed by atoms with Crippen LogP contribution < -0.4 is 10.6 Å². The molecule has 274 valence electrons. The molecule has 3 N–H and O–H groups in total. The van der Waals surface area contributed by atoms with Gasteiger partial charge in [0.1, 0.15) is 41.4 Å². The van der Waals surface area contributed by atoms with Crippen LogP contribution in [0.2, 0.25) is 0 Å². The largest absolute Gasteiger partial charge is 0.490 e. The number of ketones is 1. The standard InChI is InChI=1S/C33H36F4N6O.C2HF3O2/c34-21-1-3-27(36)25(13-21)29-5-7-40-42(29)32-23-11-17(9-19(23)15-38-32)31(44)18-10-20-16-39-33(24(20)12-18)43-30(6-8-41-43)26-14-22(35)2-4-28(26)37;3-2(4,5)1(6)7/h1-4,7-8,13-14,17-20,23-24,29-30,32-33,38-39H,5-6,9-12,15-16H2;(H,6,7)/t17?,18?,19-,20-,23-,24-,29?,30?,32?,33?;/m0./s1. The van der Waals surface area contributed by atoms with Crippen LogP contribution in [-0.2, 0) is 9.59 Å². The fourth-order valence-corrected chi connectivity index (χ4v) is 9.25. The van der Waals surface area contributed by atoms with E-state index in [1.54, 1.807) is 12.4 Å². The van der Waals surface area contributed by atoms with Crippen molar-refractivity contribution in [3.63, 3.8) is 0 Å². The number of nitrogens with one attached hydrogen (secondary N) is 2. The molecule has 9 nitrogen and oxygen atoms in total. The molecule has 10 atom stereocenters. The van der Waals surface area contributed by atoms with E-state index < -0.39 is 35.4 Å². The summed E-state index contributed by atoms with van der Waals surface area (Å²) in [6, 6.07) is 6.36. The van der Waals surface area contributed by atoms with Crippen LogP contribution in [0.4, 0.5) is 30.7 Å². The van der Waals surface area contributed by atoms with E-state index in [0.29, 0.717) is 41.6 Å². The van der Waals surface area contributed by atoms with E-state index >= 15 is 0 Å². The molecule has 2 saturated heterocycles. The predicted molar refractivity (Wildman–Crippen MR) is 170 cm³/mol. The molecule has 8 rings (SSSR count). The summed E-state index contributed by atoms with van der Waals surface area (Å²) in [5.74, 6) is -3.22. The molecule has 0 spiro atoms. The van der Waals surface area contributed by atoms with E-state index in [4.69, 9.17) is 9.90 Å². The summed E-state index contributed by atoms with van der Waals surface area (Å²) in [6.45, 7) is 1.55. The minimum Gasteiger partial charge on any atom is -0.475 e. The van der Waals surface area contributed by atoms with Gasteiger partial charge in [0.05, 0.1) is 12.1 Å². The third kappa shape index (κ3) is 6.84. The van der Waals surface area contributed by atoms with Gasteiger partial charge in [-0.1, -0.05) is 0 Å². The SMILES string of the molecule is O=C(C1C[C@H]2CNC(N3N=CCC3c3cc(F)ccc3F)[C@H]2C1)C1C[C@H]2CNC(N3N=CCC3c3cc(F)ccc3F)[C@H]2C1.O=C(O)C(F)(F)F. The highest BCUT2D eigenvalue weighted by Gasteiger charge is 2.53. The second kappa shape index (κ2) is 13.8. The summed E-state index contributed by atoms with van der Waals surface area (Å²) >= 11 is 0. The van der Waals surface area contributed by atoms with Crippen molar-refractivity contribution in [3.8, 4) is 0 Å². The Bertz CT molecular complexity index is 1620. The zero-order valence-corrected chi connectivity index (χ0v) is 27.2. The minimum absolute atomic E-state index is 0.0280. The number of nitrogens with zero attached hydrogens (tertiary/aromatic N) is 4. The first-order valence-corrected chi connectivity index (χ1v) is 17.1. The van der Waals surface area contributed by atoms with Gasteiger partial charge in [-0.3, -0.25) is 25.4 Å². The van der Waals surface area contributed by atoms with Crippen LogP contribution in [0.25, 0.3) is 0 Å². The Kier molecular flexibility index (Phi) is 9.58. The van der Waals surface area contributed by atoms with E-state index in [1.165, 1.54) is 24.3 Å². The van der Waals surface area contributed by atoms with Crippen LogP contribution in [0.5, 0.6) is 0 Å². The molecule has 2 aromatic carbocycles. The highest BCUT2D eigenvalue weighted by molar-refractivity contribution is 5.84. The maximum absolute atomic E-state index is 14.7. The van der Waals surface area contributed by atoms with Crippen molar-refractivity contribution < 1.29 is 45.4 Å². The summed E-state index contributed by atoms with van der Waals surface area (Å²) in [5, 5.41) is 27.2. The molecule has 6 aliphatic rings. The van der Waals surface area contributed by atoms with Crippen LogP contribution >= 0.6 is 0 Å². The number of aliphatic carboxylic acids is 1. The van der Waals surface area contributed by atoms with E-state index in [9.17, 15) is 35.5 Å². The molecule has 0 amide bonds. The Balaban J connectivity index is 0.000000529. The number of rotatable bonds is 6. The van der Waals surface area contributed by atoms with Crippen molar-refractivity contribution in [2.75, 3.05) is 13.1 Å². The molecular weight excluding hydrogens is 685 g/mol. The quantitative estimate of drug-likeness (QED) is 0.326. The molecule has 2 aromatic rings. The Morgan fingerprint density at radius 3 is 1.51 bits per heavy atom. The summed E-state index contributed by atoms with van der Waals surface area (Å²) in [6.07, 6.45) is 2.37. The number of hydrazone groups is 2. The van der Waals surface area contributed by atoms with Crippen LogP contribution in [0.3, 0.4) is 0 Å². The van der Waals surface area contributed by atoms with Gasteiger partial charge in [0.2, 0.25) is 0 Å². The second-order valence-corrected chi connectivity index (χ2v) is 14.3. The Labute approximate surface area is 288 Å². The van der Waals surface area contributed by atoms with Crippen molar-refractivity contribution >= 4 is 24.2 Å². The average molecular weight is 723 g/mol. The number of carboxylic acid groups (broad SMARTS) is 1.